The van der Waals surface area contributed by atoms with E-state index in [4.69, 9.17) is 9.41 Å². The van der Waals surface area contributed by atoms with Crippen molar-refractivity contribution in [3.63, 3.8) is 0 Å². The fourth-order valence-electron chi connectivity index (χ4n) is 3.58. The van der Waals surface area contributed by atoms with Crippen LogP contribution in [0.3, 0.4) is 0 Å². The van der Waals surface area contributed by atoms with Crippen LogP contribution in [0.5, 0.6) is 5.75 Å². The number of sulfonamides is 1. The topological polar surface area (TPSA) is 147 Å². The third-order valence-electron chi connectivity index (χ3n) is 5.63. The van der Waals surface area contributed by atoms with Gasteiger partial charge in [0.1, 0.15) is 11.8 Å². The van der Waals surface area contributed by atoms with E-state index in [1.165, 1.54) is 4.31 Å². The van der Waals surface area contributed by atoms with Crippen molar-refractivity contribution in [1.29, 1.82) is 0 Å². The predicted octanol–water partition coefficient (Wildman–Crippen LogP) is 5.00. The van der Waals surface area contributed by atoms with E-state index < -0.39 is 26.9 Å². The first kappa shape index (κ1) is 27.4. The lowest BCUT2D eigenvalue weighted by atomic mass is 10.0. The highest BCUT2D eigenvalue weighted by Gasteiger charge is 2.31. The van der Waals surface area contributed by atoms with Crippen molar-refractivity contribution in [3.05, 3.63) is 34.0 Å². The minimum atomic E-state index is -3.86. The molecule has 194 valence electrons. The highest BCUT2D eigenvalue weighted by atomic mass is 32.2. The lowest BCUT2D eigenvalue weighted by molar-refractivity contribution is 0.398. The summed E-state index contributed by atoms with van der Waals surface area (Å²) < 4.78 is 51.9. The van der Waals surface area contributed by atoms with Gasteiger partial charge in [0.15, 0.2) is 21.1 Å². The normalized spacial score (nSPS) is 14.5. The van der Waals surface area contributed by atoms with Gasteiger partial charge in [-0.3, -0.25) is 0 Å². The van der Waals surface area contributed by atoms with Crippen LogP contribution in [0.25, 0.3) is 0 Å². The van der Waals surface area contributed by atoms with E-state index in [1.54, 1.807) is 27.0 Å². The summed E-state index contributed by atoms with van der Waals surface area (Å²) in [5.41, 5.74) is 1.48. The maximum atomic E-state index is 13.0. The SMILES string of the molecule is CCN(CC)S(=O)(=O)c1sc(C)c(Nc2n[s+]([O-])[nH]c2=NC(c2cc(C(C)C)co2)C(C)C)c1O. The molecule has 0 radical (unpaired) electrons. The van der Waals surface area contributed by atoms with Crippen LogP contribution in [0.2, 0.25) is 0 Å². The molecule has 3 heterocycles. The summed E-state index contributed by atoms with van der Waals surface area (Å²) in [5.74, 6) is 0.792. The number of nitrogens with zero attached hydrogens (tertiary/aromatic N) is 3. The number of thiophene rings is 1. The number of H-pyrrole nitrogens is 1. The fourth-order valence-corrected chi connectivity index (χ4v) is 7.34. The molecule has 0 bridgehead atoms. The molecule has 3 aromatic rings. The predicted molar refractivity (Wildman–Crippen MR) is 137 cm³/mol. The summed E-state index contributed by atoms with van der Waals surface area (Å²) in [5, 5.41) is 13.8. The molecule has 0 spiro atoms. The standard InChI is InChI=1S/C22H33N5O5S3/c1-8-27(9-2)35(30,31)22-19(28)18(14(7)33-22)24-21-20(25-34(29)26-21)23-17(13(5)6)16-10-15(11-32-16)12(3)4/h10-13,17,28H,8-9H2,1-7H3,(H,23,25)(H,24,26). The summed E-state index contributed by atoms with van der Waals surface area (Å²) in [6.45, 7) is 13.9. The molecule has 0 aliphatic heterocycles. The zero-order chi connectivity index (χ0) is 26.1. The van der Waals surface area contributed by atoms with E-state index in [9.17, 15) is 18.1 Å². The Morgan fingerprint density at radius 3 is 2.51 bits per heavy atom. The Balaban J connectivity index is 2.04. The Hall–Kier alpha value is -2.19. The third-order valence-corrected chi connectivity index (χ3v) is 9.98. The minimum Gasteiger partial charge on any atom is -0.548 e. The van der Waals surface area contributed by atoms with Crippen LogP contribution in [-0.2, 0) is 10.0 Å². The number of hydrogen-bond acceptors (Lipinski definition) is 9. The van der Waals surface area contributed by atoms with E-state index in [0.717, 1.165) is 16.9 Å². The third kappa shape index (κ3) is 5.64. The average molecular weight is 544 g/mol. The Kier molecular flexibility index (Phi) is 8.48. The van der Waals surface area contributed by atoms with Gasteiger partial charge in [0.2, 0.25) is 11.3 Å². The van der Waals surface area contributed by atoms with Crippen molar-refractivity contribution in [2.24, 2.45) is 10.9 Å². The molecule has 0 aliphatic carbocycles. The van der Waals surface area contributed by atoms with Crippen LogP contribution in [-0.4, -0.2) is 44.2 Å². The second-order valence-electron chi connectivity index (χ2n) is 8.78. The molecule has 0 saturated heterocycles. The number of furan rings is 1. The Labute approximate surface area is 212 Å². The van der Waals surface area contributed by atoms with Crippen LogP contribution < -0.4 is 10.8 Å². The number of aromatic nitrogens is 2. The van der Waals surface area contributed by atoms with Crippen LogP contribution in [0.1, 0.15) is 69.7 Å². The second-order valence-corrected chi connectivity index (χ2v) is 13.0. The van der Waals surface area contributed by atoms with Gasteiger partial charge >= 0.3 is 0 Å². The monoisotopic (exact) mass is 543 g/mol. The van der Waals surface area contributed by atoms with E-state index in [-0.39, 0.29) is 46.3 Å². The molecule has 3 rings (SSSR count). The zero-order valence-electron chi connectivity index (χ0n) is 20.9. The van der Waals surface area contributed by atoms with Crippen LogP contribution >= 0.6 is 22.5 Å². The molecular weight excluding hydrogens is 510 g/mol. The van der Waals surface area contributed by atoms with Crippen molar-refractivity contribution in [2.45, 2.75) is 64.6 Å². The van der Waals surface area contributed by atoms with E-state index in [2.05, 4.69) is 27.9 Å². The molecule has 10 nitrogen and oxygen atoms in total. The molecule has 0 aromatic carbocycles. The van der Waals surface area contributed by atoms with Crippen molar-refractivity contribution in [2.75, 3.05) is 18.4 Å². The average Bonchev–Trinajstić information content (AvgIpc) is 3.47. The Morgan fingerprint density at radius 2 is 1.97 bits per heavy atom. The summed E-state index contributed by atoms with van der Waals surface area (Å²) in [6.07, 6.45) is 1.72. The molecule has 0 aliphatic rings. The van der Waals surface area contributed by atoms with E-state index >= 15 is 0 Å². The summed E-state index contributed by atoms with van der Waals surface area (Å²) in [7, 11) is -3.86. The maximum absolute atomic E-state index is 13.0. The number of anilines is 2. The van der Waals surface area contributed by atoms with Gasteiger partial charge in [0.25, 0.3) is 10.0 Å². The molecule has 2 atom stereocenters. The maximum Gasteiger partial charge on any atom is 0.256 e. The molecular formula is C22H33N5O5S3. The molecule has 0 amide bonds. The smallest absolute Gasteiger partial charge is 0.256 e. The highest BCUT2D eigenvalue weighted by molar-refractivity contribution is 7.91. The van der Waals surface area contributed by atoms with Gasteiger partial charge in [-0.05, 0) is 30.4 Å². The Morgan fingerprint density at radius 1 is 1.31 bits per heavy atom. The summed E-state index contributed by atoms with van der Waals surface area (Å²) in [6, 6.07) is 1.59. The number of aromatic amines is 1. The van der Waals surface area contributed by atoms with Crippen molar-refractivity contribution >= 4 is 44.0 Å². The Bertz CT molecular complexity index is 1330. The van der Waals surface area contributed by atoms with Gasteiger partial charge in [-0.25, -0.2) is 13.4 Å². The first-order valence-corrected chi connectivity index (χ1v) is 14.8. The molecule has 3 N–H and O–H groups in total. The van der Waals surface area contributed by atoms with Crippen LogP contribution in [0.4, 0.5) is 11.5 Å². The first-order valence-electron chi connectivity index (χ1n) is 11.4. The lowest BCUT2D eigenvalue weighted by Gasteiger charge is -2.17. The van der Waals surface area contributed by atoms with Crippen molar-refractivity contribution in [3.8, 4) is 5.75 Å². The molecule has 0 fully saturated rings. The van der Waals surface area contributed by atoms with Gasteiger partial charge in [-0.2, -0.15) is 4.31 Å². The summed E-state index contributed by atoms with van der Waals surface area (Å²) >= 11 is -0.804. The molecule has 2 unspecified atom stereocenters. The zero-order valence-corrected chi connectivity index (χ0v) is 23.4. The number of hydrogen-bond donors (Lipinski definition) is 3. The van der Waals surface area contributed by atoms with Crippen LogP contribution in [0, 0.1) is 12.8 Å². The lowest BCUT2D eigenvalue weighted by Crippen LogP contribution is -2.30. The van der Waals surface area contributed by atoms with Gasteiger partial charge in [0.05, 0.1) is 12.0 Å². The first-order chi connectivity index (χ1) is 16.4. The molecule has 35 heavy (non-hydrogen) atoms. The van der Waals surface area contributed by atoms with Gasteiger partial charge < -0.3 is 19.4 Å². The molecule has 13 heteroatoms. The molecule has 0 saturated carbocycles. The van der Waals surface area contributed by atoms with Crippen molar-refractivity contribution in [1.82, 2.24) is 13.1 Å². The highest BCUT2D eigenvalue weighted by Crippen LogP contribution is 2.43. The van der Waals surface area contributed by atoms with Gasteiger partial charge in [0, 0.05) is 22.3 Å². The summed E-state index contributed by atoms with van der Waals surface area (Å²) in [4.78, 5) is 5.28. The number of nitrogens with one attached hydrogen (secondary N) is 2. The van der Waals surface area contributed by atoms with E-state index in [1.807, 2.05) is 19.9 Å². The van der Waals surface area contributed by atoms with Gasteiger partial charge in [-0.1, -0.05) is 41.5 Å². The van der Waals surface area contributed by atoms with Gasteiger partial charge in [-0.15, -0.1) is 15.7 Å². The number of aryl methyl sites for hydroxylation is 1. The second kappa shape index (κ2) is 10.8. The van der Waals surface area contributed by atoms with Crippen molar-refractivity contribution < 1.29 is 22.5 Å². The molecule has 3 aromatic heterocycles. The minimum absolute atomic E-state index is 0.0628. The number of rotatable bonds is 10. The van der Waals surface area contributed by atoms with Crippen LogP contribution in [0.15, 0.2) is 25.9 Å². The quantitative estimate of drug-likeness (QED) is 0.305. The fraction of sp³-hybridized carbons (Fsp3) is 0.545. The largest absolute Gasteiger partial charge is 0.548 e. The number of aromatic hydroxyl groups is 1. The van der Waals surface area contributed by atoms with E-state index in [0.29, 0.717) is 16.6 Å².